The number of nitrogens with zero attached hydrogens (tertiary/aromatic N) is 2. The van der Waals surface area contributed by atoms with Crippen LogP contribution in [0, 0.1) is 0 Å². The Morgan fingerprint density at radius 1 is 1.25 bits per heavy atom. The predicted octanol–water partition coefficient (Wildman–Crippen LogP) is 1.52. The first-order chi connectivity index (χ1) is 10.8. The molecule has 3 rings (SSSR count). The fourth-order valence-corrected chi connectivity index (χ4v) is 5.03. The van der Waals surface area contributed by atoms with E-state index >= 15 is 0 Å². The summed E-state index contributed by atoms with van der Waals surface area (Å²) in [4.78, 5) is 13.8. The molecule has 0 spiro atoms. The monoisotopic (exact) mass is 373 g/mol. The van der Waals surface area contributed by atoms with E-state index in [-0.39, 0.29) is 30.4 Å². The first-order valence-electron chi connectivity index (χ1n) is 7.99. The summed E-state index contributed by atoms with van der Waals surface area (Å²) in [6.07, 6.45) is 2.07. The Hall–Kier alpha value is -1.15. The topological polar surface area (TPSA) is 83.7 Å². The van der Waals surface area contributed by atoms with Crippen LogP contribution in [0.1, 0.15) is 32.3 Å². The Kier molecular flexibility index (Phi) is 5.59. The van der Waals surface area contributed by atoms with Gasteiger partial charge in [-0.3, -0.25) is 4.79 Å². The summed E-state index contributed by atoms with van der Waals surface area (Å²) >= 11 is 0. The lowest BCUT2D eigenvalue weighted by Gasteiger charge is -2.29. The third-order valence-electron chi connectivity index (χ3n) is 4.74. The van der Waals surface area contributed by atoms with Gasteiger partial charge in [0, 0.05) is 37.8 Å². The van der Waals surface area contributed by atoms with Gasteiger partial charge in [0.2, 0.25) is 15.9 Å². The summed E-state index contributed by atoms with van der Waals surface area (Å²) < 4.78 is 27.1. The van der Waals surface area contributed by atoms with E-state index in [1.807, 2.05) is 6.92 Å². The van der Waals surface area contributed by atoms with Gasteiger partial charge in [-0.1, -0.05) is 0 Å². The van der Waals surface area contributed by atoms with Crippen molar-refractivity contribution in [2.45, 2.75) is 50.1 Å². The van der Waals surface area contributed by atoms with E-state index in [0.717, 1.165) is 11.3 Å². The van der Waals surface area contributed by atoms with Crippen molar-refractivity contribution < 1.29 is 13.2 Å². The normalized spacial score (nSPS) is 22.1. The van der Waals surface area contributed by atoms with Gasteiger partial charge in [0.15, 0.2) is 0 Å². The lowest BCUT2D eigenvalue weighted by molar-refractivity contribution is -0.116. The highest BCUT2D eigenvalue weighted by Gasteiger charge is 2.32. The third kappa shape index (κ3) is 3.31. The van der Waals surface area contributed by atoms with Crippen LogP contribution in [0.5, 0.6) is 0 Å². The average Bonchev–Trinajstić information content (AvgIpc) is 2.82. The van der Waals surface area contributed by atoms with Crippen molar-refractivity contribution in [3.63, 3.8) is 0 Å². The van der Waals surface area contributed by atoms with Crippen molar-refractivity contribution in [2.24, 2.45) is 5.73 Å². The van der Waals surface area contributed by atoms with Gasteiger partial charge in [0.25, 0.3) is 0 Å². The fourth-order valence-electron chi connectivity index (χ4n) is 3.51. The number of hydrogen-bond acceptors (Lipinski definition) is 4. The number of rotatable bonds is 2. The molecule has 2 N–H and O–H groups in total. The number of sulfonamides is 1. The molecule has 0 aromatic heterocycles. The summed E-state index contributed by atoms with van der Waals surface area (Å²) in [5.41, 5.74) is 7.60. The lowest BCUT2D eigenvalue weighted by Crippen LogP contribution is -2.42. The number of fused-ring (bicyclic) bond motifs is 1. The molecule has 0 saturated carbocycles. The summed E-state index contributed by atoms with van der Waals surface area (Å²) in [5.74, 6) is -0.0168. The molecule has 2 aliphatic rings. The van der Waals surface area contributed by atoms with Gasteiger partial charge in [-0.05, 0) is 49.9 Å². The predicted molar refractivity (Wildman–Crippen MR) is 96.0 cm³/mol. The Morgan fingerprint density at radius 2 is 1.88 bits per heavy atom. The molecule has 1 amide bonds. The van der Waals surface area contributed by atoms with Crippen LogP contribution < -0.4 is 10.6 Å². The standard InChI is InChI=1S/C16H23N3O3S.ClH/c1-11-9-13-10-15(3-4-16(13)19(11)12(2)20)23(21,22)18-7-5-14(17)6-8-18;/h3-4,10-11,14H,5-9,17H2,1-2H3;1H. The molecule has 134 valence electrons. The van der Waals surface area contributed by atoms with Gasteiger partial charge in [-0.25, -0.2) is 8.42 Å². The molecule has 1 fully saturated rings. The molecule has 0 radical (unpaired) electrons. The van der Waals surface area contributed by atoms with Crippen LogP contribution in [0.4, 0.5) is 5.69 Å². The number of carbonyl (C=O) groups excluding carboxylic acids is 1. The molecule has 0 aliphatic carbocycles. The second-order valence-electron chi connectivity index (χ2n) is 6.47. The Bertz CT molecular complexity index is 730. The van der Waals surface area contributed by atoms with Crippen molar-refractivity contribution in [2.75, 3.05) is 18.0 Å². The summed E-state index contributed by atoms with van der Waals surface area (Å²) in [7, 11) is -3.49. The third-order valence-corrected chi connectivity index (χ3v) is 6.64. The van der Waals surface area contributed by atoms with Crippen LogP contribution >= 0.6 is 12.4 Å². The largest absolute Gasteiger partial charge is 0.328 e. The average molecular weight is 374 g/mol. The maximum atomic E-state index is 12.8. The summed E-state index contributed by atoms with van der Waals surface area (Å²) in [6.45, 7) is 4.45. The quantitative estimate of drug-likeness (QED) is 0.851. The second kappa shape index (κ2) is 7.00. The fraction of sp³-hybridized carbons (Fsp3) is 0.562. The molecular weight excluding hydrogens is 350 g/mol. The highest BCUT2D eigenvalue weighted by atomic mass is 35.5. The van der Waals surface area contributed by atoms with Crippen LogP contribution in [0.15, 0.2) is 23.1 Å². The number of anilines is 1. The van der Waals surface area contributed by atoms with E-state index in [1.54, 1.807) is 23.1 Å². The Labute approximate surface area is 149 Å². The van der Waals surface area contributed by atoms with Gasteiger partial charge in [0.1, 0.15) is 0 Å². The molecule has 1 aromatic rings. The minimum absolute atomic E-state index is 0. The molecule has 0 bridgehead atoms. The van der Waals surface area contributed by atoms with Crippen molar-refractivity contribution in [1.29, 1.82) is 0 Å². The number of amides is 1. The molecule has 1 unspecified atom stereocenters. The SMILES string of the molecule is CC(=O)N1c2ccc(S(=O)(=O)N3CCC(N)CC3)cc2CC1C.Cl. The van der Waals surface area contributed by atoms with Crippen molar-refractivity contribution in [3.8, 4) is 0 Å². The summed E-state index contributed by atoms with van der Waals surface area (Å²) in [6, 6.07) is 5.23. The smallest absolute Gasteiger partial charge is 0.243 e. The molecule has 1 saturated heterocycles. The molecule has 8 heteroatoms. The minimum Gasteiger partial charge on any atom is -0.328 e. The zero-order chi connectivity index (χ0) is 16.8. The minimum atomic E-state index is -3.49. The van der Waals surface area contributed by atoms with Crippen LogP contribution in [-0.2, 0) is 21.2 Å². The first-order valence-corrected chi connectivity index (χ1v) is 9.43. The number of halogens is 1. The van der Waals surface area contributed by atoms with Gasteiger partial charge < -0.3 is 10.6 Å². The van der Waals surface area contributed by atoms with E-state index in [0.29, 0.717) is 37.2 Å². The van der Waals surface area contributed by atoms with Gasteiger partial charge in [0.05, 0.1) is 4.90 Å². The molecular formula is C16H24ClN3O3S. The number of carbonyl (C=O) groups is 1. The van der Waals surface area contributed by atoms with Crippen molar-refractivity contribution >= 4 is 34.0 Å². The Morgan fingerprint density at radius 3 is 2.46 bits per heavy atom. The highest BCUT2D eigenvalue weighted by molar-refractivity contribution is 7.89. The number of hydrogen-bond donors (Lipinski definition) is 1. The van der Waals surface area contributed by atoms with Crippen LogP contribution in [0.2, 0.25) is 0 Å². The molecule has 2 heterocycles. The highest BCUT2D eigenvalue weighted by Crippen LogP contribution is 2.34. The molecule has 1 aromatic carbocycles. The zero-order valence-corrected chi connectivity index (χ0v) is 15.6. The molecule has 24 heavy (non-hydrogen) atoms. The van der Waals surface area contributed by atoms with E-state index in [1.165, 1.54) is 11.2 Å². The van der Waals surface area contributed by atoms with E-state index in [9.17, 15) is 13.2 Å². The number of nitrogens with two attached hydrogens (primary N) is 1. The molecule has 2 aliphatic heterocycles. The van der Waals surface area contributed by atoms with Crippen LogP contribution in [0.25, 0.3) is 0 Å². The Balaban J connectivity index is 0.00000208. The van der Waals surface area contributed by atoms with Crippen molar-refractivity contribution in [3.05, 3.63) is 23.8 Å². The second-order valence-corrected chi connectivity index (χ2v) is 8.41. The summed E-state index contributed by atoms with van der Waals surface area (Å²) in [5, 5.41) is 0. The van der Waals surface area contributed by atoms with Gasteiger partial charge >= 0.3 is 0 Å². The lowest BCUT2D eigenvalue weighted by atomic mass is 10.1. The maximum Gasteiger partial charge on any atom is 0.243 e. The van der Waals surface area contributed by atoms with Gasteiger partial charge in [-0.15, -0.1) is 12.4 Å². The first kappa shape index (κ1) is 19.2. The van der Waals surface area contributed by atoms with Gasteiger partial charge in [-0.2, -0.15) is 4.31 Å². The maximum absolute atomic E-state index is 12.8. The number of piperidine rings is 1. The zero-order valence-electron chi connectivity index (χ0n) is 13.9. The number of benzene rings is 1. The van der Waals surface area contributed by atoms with Crippen LogP contribution in [0.3, 0.4) is 0 Å². The van der Waals surface area contributed by atoms with Crippen molar-refractivity contribution in [1.82, 2.24) is 4.31 Å². The van der Waals surface area contributed by atoms with E-state index in [2.05, 4.69) is 0 Å². The molecule has 6 nitrogen and oxygen atoms in total. The van der Waals surface area contributed by atoms with E-state index < -0.39 is 10.0 Å². The molecule has 1 atom stereocenters. The van der Waals surface area contributed by atoms with E-state index in [4.69, 9.17) is 5.73 Å². The van der Waals surface area contributed by atoms with Crippen LogP contribution in [-0.4, -0.2) is 43.8 Å².